The van der Waals surface area contributed by atoms with Crippen molar-refractivity contribution in [3.8, 4) is 0 Å². The second-order valence-corrected chi connectivity index (χ2v) is 11.4. The van der Waals surface area contributed by atoms with E-state index in [1.807, 2.05) is 32.9 Å². The molecular formula is C32H40F6N4O. The molecule has 2 heterocycles. The first-order valence-corrected chi connectivity index (χ1v) is 15.0. The number of benzene rings is 1. The van der Waals surface area contributed by atoms with Gasteiger partial charge in [-0.3, -0.25) is 0 Å². The molecule has 1 aromatic heterocycles. The van der Waals surface area contributed by atoms with Crippen LogP contribution in [0.1, 0.15) is 82.1 Å². The molecule has 1 fully saturated rings. The first kappa shape index (κ1) is 32.7. The second-order valence-electron chi connectivity index (χ2n) is 11.4. The normalized spacial score (nSPS) is 18.7. The van der Waals surface area contributed by atoms with Gasteiger partial charge in [0.05, 0.1) is 29.6 Å². The summed E-state index contributed by atoms with van der Waals surface area (Å²) in [6, 6.07) is 3.90. The Kier molecular flexibility index (Phi) is 10.3. The summed E-state index contributed by atoms with van der Waals surface area (Å²) < 4.78 is 87.9. The van der Waals surface area contributed by atoms with Crippen molar-refractivity contribution >= 4 is 24.0 Å². The molecule has 2 aromatic rings. The molecule has 2 aliphatic rings. The van der Waals surface area contributed by atoms with Crippen molar-refractivity contribution in [2.24, 2.45) is 10.9 Å². The van der Waals surface area contributed by atoms with Crippen LogP contribution in [0.15, 0.2) is 29.3 Å². The third-order valence-corrected chi connectivity index (χ3v) is 7.91. The van der Waals surface area contributed by atoms with Crippen LogP contribution in [0, 0.1) is 5.92 Å². The lowest BCUT2D eigenvalue weighted by Crippen LogP contribution is -2.38. The predicted molar refractivity (Wildman–Crippen MR) is 157 cm³/mol. The summed E-state index contributed by atoms with van der Waals surface area (Å²) in [5.74, 6) is 1.29. The van der Waals surface area contributed by atoms with Crippen LogP contribution < -0.4 is 15.5 Å². The number of aliphatic imine (C=N–C) groups is 1. The molecular weight excluding hydrogens is 570 g/mol. The highest BCUT2D eigenvalue weighted by Gasteiger charge is 2.37. The number of aromatic nitrogens is 1. The number of pyridine rings is 1. The average molecular weight is 611 g/mol. The number of anilines is 1. The van der Waals surface area contributed by atoms with Crippen LogP contribution in [0.25, 0.3) is 12.2 Å². The molecule has 5 nitrogen and oxygen atoms in total. The third kappa shape index (κ3) is 8.23. The number of hydrogen-bond acceptors (Lipinski definition) is 5. The molecule has 1 saturated carbocycles. The molecule has 236 valence electrons. The minimum Gasteiger partial charge on any atom is -0.460 e. The first-order valence-electron chi connectivity index (χ1n) is 15.0. The van der Waals surface area contributed by atoms with Gasteiger partial charge in [0.25, 0.3) is 6.02 Å². The molecule has 1 atom stereocenters. The number of alkyl halides is 6. The molecule has 1 aromatic carbocycles. The van der Waals surface area contributed by atoms with E-state index in [0.29, 0.717) is 19.0 Å². The summed E-state index contributed by atoms with van der Waals surface area (Å²) in [7, 11) is 0. The summed E-state index contributed by atoms with van der Waals surface area (Å²) in [6.45, 7) is 9.57. The van der Waals surface area contributed by atoms with E-state index in [0.717, 1.165) is 59.9 Å². The number of halogens is 6. The first-order chi connectivity index (χ1) is 20.3. The van der Waals surface area contributed by atoms with Crippen molar-refractivity contribution in [2.75, 3.05) is 24.5 Å². The zero-order valence-electron chi connectivity index (χ0n) is 25.2. The van der Waals surface area contributed by atoms with Crippen LogP contribution in [-0.4, -0.2) is 41.6 Å². The van der Waals surface area contributed by atoms with Crippen LogP contribution in [0.5, 0.6) is 0 Å². The maximum Gasteiger partial charge on any atom is 0.416 e. The van der Waals surface area contributed by atoms with Gasteiger partial charge in [0.1, 0.15) is 11.9 Å². The van der Waals surface area contributed by atoms with E-state index >= 15 is 0 Å². The van der Waals surface area contributed by atoms with E-state index in [1.54, 1.807) is 4.90 Å². The Morgan fingerprint density at radius 2 is 1.58 bits per heavy atom. The van der Waals surface area contributed by atoms with Gasteiger partial charge in [-0.25, -0.2) is 9.98 Å². The van der Waals surface area contributed by atoms with Gasteiger partial charge in [-0.2, -0.15) is 26.3 Å². The number of hydrogen-bond donors (Lipinski definition) is 0. The lowest BCUT2D eigenvalue weighted by atomic mass is 10.0. The number of ether oxygens (including phenoxy) is 1. The number of amidine groups is 1. The van der Waals surface area contributed by atoms with Crippen molar-refractivity contribution in [3.05, 3.63) is 57.1 Å². The van der Waals surface area contributed by atoms with Crippen LogP contribution in [-0.2, 0) is 30.2 Å². The molecule has 0 spiro atoms. The monoisotopic (exact) mass is 610 g/mol. The SMILES string of the molecule is C/C=c1/nc(N(CC)CC2CCCC2)c(CN(Cc2cc(C(F)(F)F)cc(C(F)(F)F)c2)C2=NCC(C)O2)c/c1=C/CC. The van der Waals surface area contributed by atoms with Gasteiger partial charge in [-0.15, -0.1) is 0 Å². The fourth-order valence-electron chi connectivity index (χ4n) is 5.81. The Morgan fingerprint density at radius 3 is 2.09 bits per heavy atom. The van der Waals surface area contributed by atoms with Crippen LogP contribution >= 0.6 is 0 Å². The van der Waals surface area contributed by atoms with E-state index in [1.165, 1.54) is 12.8 Å². The molecule has 0 radical (unpaired) electrons. The minimum atomic E-state index is -4.94. The molecule has 1 aliphatic carbocycles. The van der Waals surface area contributed by atoms with Gasteiger partial charge in [0.15, 0.2) is 0 Å². The molecule has 43 heavy (non-hydrogen) atoms. The van der Waals surface area contributed by atoms with Gasteiger partial charge in [-0.1, -0.05) is 31.9 Å². The van der Waals surface area contributed by atoms with Crippen LogP contribution in [0.4, 0.5) is 32.2 Å². The molecule has 0 saturated heterocycles. The zero-order chi connectivity index (χ0) is 31.4. The fourth-order valence-corrected chi connectivity index (χ4v) is 5.81. The van der Waals surface area contributed by atoms with E-state index in [9.17, 15) is 26.3 Å². The molecule has 1 aliphatic heterocycles. The quantitative estimate of drug-likeness (QED) is 0.290. The van der Waals surface area contributed by atoms with Gasteiger partial charge in [0.2, 0.25) is 0 Å². The van der Waals surface area contributed by atoms with E-state index in [4.69, 9.17) is 9.72 Å². The molecule has 0 amide bonds. The Labute approximate surface area is 249 Å². The average Bonchev–Trinajstić information content (AvgIpc) is 3.62. The second kappa shape index (κ2) is 13.6. The van der Waals surface area contributed by atoms with Crippen LogP contribution in [0.3, 0.4) is 0 Å². The highest BCUT2D eigenvalue weighted by molar-refractivity contribution is 5.75. The molecule has 11 heteroatoms. The topological polar surface area (TPSA) is 41.0 Å². The van der Waals surface area contributed by atoms with Crippen molar-refractivity contribution in [3.63, 3.8) is 0 Å². The predicted octanol–water partition coefficient (Wildman–Crippen LogP) is 6.90. The number of rotatable bonds is 9. The summed E-state index contributed by atoms with van der Waals surface area (Å²) in [6.07, 6.45) is -0.690. The van der Waals surface area contributed by atoms with Crippen molar-refractivity contribution in [1.29, 1.82) is 0 Å². The highest BCUT2D eigenvalue weighted by atomic mass is 19.4. The third-order valence-electron chi connectivity index (χ3n) is 7.91. The molecule has 0 bridgehead atoms. The molecule has 4 rings (SSSR count). The zero-order valence-corrected chi connectivity index (χ0v) is 25.2. The Bertz CT molecular complexity index is 1380. The smallest absolute Gasteiger partial charge is 0.416 e. The van der Waals surface area contributed by atoms with Crippen LogP contribution in [0.2, 0.25) is 0 Å². The fraction of sp³-hybridized carbons (Fsp3) is 0.562. The summed E-state index contributed by atoms with van der Waals surface area (Å²) in [5.41, 5.74) is -2.03. The Morgan fingerprint density at radius 1 is 0.930 bits per heavy atom. The molecule has 1 unspecified atom stereocenters. The minimum absolute atomic E-state index is 0.139. The van der Waals surface area contributed by atoms with Crippen molar-refractivity contribution < 1.29 is 31.1 Å². The van der Waals surface area contributed by atoms with E-state index < -0.39 is 23.5 Å². The van der Waals surface area contributed by atoms with Gasteiger partial charge < -0.3 is 14.5 Å². The maximum atomic E-state index is 13.7. The largest absolute Gasteiger partial charge is 0.460 e. The Hall–Kier alpha value is -3.24. The molecule has 0 N–H and O–H groups in total. The maximum absolute atomic E-state index is 13.7. The standard InChI is InChI=1S/C32H40F6N4O/c1-5-10-24-15-25(29(40-28(24)6-2)41(7-3)18-22-11-8-9-12-22)20-42(30-39-17-21(4)43-30)19-23-13-26(31(33,34)35)16-27(14-23)32(36,37)38/h6,10,13-16,21-22H,5,7-9,11-12,17-20H2,1-4H3/b24-10-,28-6+. The van der Waals surface area contributed by atoms with E-state index in [2.05, 4.69) is 22.9 Å². The summed E-state index contributed by atoms with van der Waals surface area (Å²) >= 11 is 0. The summed E-state index contributed by atoms with van der Waals surface area (Å²) in [5, 5.41) is 1.74. The van der Waals surface area contributed by atoms with E-state index in [-0.39, 0.29) is 36.8 Å². The lowest BCUT2D eigenvalue weighted by molar-refractivity contribution is -0.143. The number of nitrogens with zero attached hydrogens (tertiary/aromatic N) is 4. The highest BCUT2D eigenvalue weighted by Crippen LogP contribution is 2.37. The Balaban J connectivity index is 1.81. The summed E-state index contributed by atoms with van der Waals surface area (Å²) in [4.78, 5) is 13.4. The van der Waals surface area contributed by atoms with Gasteiger partial charge >= 0.3 is 12.4 Å². The van der Waals surface area contributed by atoms with Crippen molar-refractivity contribution in [2.45, 2.75) is 91.3 Å². The van der Waals surface area contributed by atoms with Crippen molar-refractivity contribution in [1.82, 2.24) is 9.88 Å². The van der Waals surface area contributed by atoms with Gasteiger partial charge in [-0.05, 0) is 81.0 Å². The lowest BCUT2D eigenvalue weighted by Gasteiger charge is -2.30. The van der Waals surface area contributed by atoms with Gasteiger partial charge in [0, 0.05) is 25.2 Å².